The zero-order valence-corrected chi connectivity index (χ0v) is 12.8. The Labute approximate surface area is 108 Å². The first kappa shape index (κ1) is 13.4. The molecule has 1 aliphatic carbocycles. The van der Waals surface area contributed by atoms with Crippen LogP contribution in [0.1, 0.15) is 73.6 Å². The van der Waals surface area contributed by atoms with Crippen molar-refractivity contribution in [3.63, 3.8) is 0 Å². The van der Waals surface area contributed by atoms with Crippen LogP contribution in [0, 0.1) is 10.8 Å². The topological polar surface area (TPSA) is 3.24 Å². The molecule has 1 spiro atoms. The van der Waals surface area contributed by atoms with Crippen molar-refractivity contribution in [3.8, 4) is 0 Å². The van der Waals surface area contributed by atoms with Gasteiger partial charge in [0.1, 0.15) is 0 Å². The lowest BCUT2D eigenvalue weighted by molar-refractivity contribution is -0.0000280. The Bertz CT molecular complexity index is 275. The normalized spacial score (nSPS) is 29.6. The Morgan fingerprint density at radius 3 is 2.00 bits per heavy atom. The van der Waals surface area contributed by atoms with Crippen LogP contribution in [0.5, 0.6) is 0 Å². The van der Waals surface area contributed by atoms with Crippen molar-refractivity contribution in [2.75, 3.05) is 6.54 Å². The highest BCUT2D eigenvalue weighted by Crippen LogP contribution is 2.55. The monoisotopic (exact) mass is 237 g/mol. The predicted octanol–water partition coefficient (Wildman–Crippen LogP) is 4.47. The second-order valence-electron chi connectivity index (χ2n) is 8.76. The van der Waals surface area contributed by atoms with Gasteiger partial charge in [0.2, 0.25) is 0 Å². The van der Waals surface area contributed by atoms with Gasteiger partial charge in [0.05, 0.1) is 0 Å². The minimum Gasteiger partial charge on any atom is -0.295 e. The van der Waals surface area contributed by atoms with Gasteiger partial charge in [-0.25, -0.2) is 0 Å². The molecule has 0 bridgehead atoms. The van der Waals surface area contributed by atoms with Gasteiger partial charge in [0.25, 0.3) is 0 Å². The van der Waals surface area contributed by atoms with E-state index in [2.05, 4.69) is 46.4 Å². The van der Waals surface area contributed by atoms with Crippen LogP contribution in [0.25, 0.3) is 0 Å². The average Bonchev–Trinajstić information content (AvgIpc) is 2.85. The summed E-state index contributed by atoms with van der Waals surface area (Å²) in [5.41, 5.74) is 1.54. The van der Waals surface area contributed by atoms with Crippen LogP contribution in [0.15, 0.2) is 0 Å². The molecule has 1 aliphatic heterocycles. The second-order valence-corrected chi connectivity index (χ2v) is 8.76. The van der Waals surface area contributed by atoms with Crippen LogP contribution in [-0.2, 0) is 0 Å². The lowest BCUT2D eigenvalue weighted by atomic mass is 9.79. The first-order valence-corrected chi connectivity index (χ1v) is 7.38. The molecule has 2 rings (SSSR count). The van der Waals surface area contributed by atoms with Crippen LogP contribution in [0.2, 0.25) is 0 Å². The fraction of sp³-hybridized carbons (Fsp3) is 1.00. The summed E-state index contributed by atoms with van der Waals surface area (Å²) in [6.07, 6.45) is 7.23. The molecule has 1 atom stereocenters. The number of hydrogen-bond donors (Lipinski definition) is 0. The van der Waals surface area contributed by atoms with E-state index in [1.54, 1.807) is 0 Å². The molecule has 0 amide bonds. The van der Waals surface area contributed by atoms with E-state index in [-0.39, 0.29) is 0 Å². The molecule has 2 aliphatic rings. The van der Waals surface area contributed by atoms with Gasteiger partial charge in [0.15, 0.2) is 0 Å². The maximum atomic E-state index is 2.81. The number of rotatable bonds is 1. The Kier molecular flexibility index (Phi) is 3.14. The van der Waals surface area contributed by atoms with Crippen LogP contribution < -0.4 is 0 Å². The summed E-state index contributed by atoms with van der Waals surface area (Å²) >= 11 is 0. The number of nitrogens with zero attached hydrogens (tertiary/aromatic N) is 1. The summed E-state index contributed by atoms with van der Waals surface area (Å²) in [6, 6.07) is 0.807. The Morgan fingerprint density at radius 2 is 1.59 bits per heavy atom. The van der Waals surface area contributed by atoms with Crippen molar-refractivity contribution in [3.05, 3.63) is 0 Å². The quantitative estimate of drug-likeness (QED) is 0.650. The van der Waals surface area contributed by atoms with E-state index >= 15 is 0 Å². The molecule has 0 aromatic heterocycles. The molecule has 100 valence electrons. The third-order valence-corrected chi connectivity index (χ3v) is 4.62. The molecule has 1 saturated carbocycles. The third kappa shape index (κ3) is 3.24. The summed E-state index contributed by atoms with van der Waals surface area (Å²) < 4.78 is 0. The molecule has 1 heterocycles. The summed E-state index contributed by atoms with van der Waals surface area (Å²) in [7, 11) is 0. The highest BCUT2D eigenvalue weighted by Gasteiger charge is 2.50. The molecular formula is C16H31N. The molecule has 0 radical (unpaired) electrons. The third-order valence-electron chi connectivity index (χ3n) is 4.62. The predicted molar refractivity (Wildman–Crippen MR) is 75.2 cm³/mol. The van der Waals surface area contributed by atoms with Crippen molar-refractivity contribution in [2.45, 2.75) is 85.2 Å². The van der Waals surface area contributed by atoms with Gasteiger partial charge < -0.3 is 0 Å². The largest absolute Gasteiger partial charge is 0.295 e. The molecule has 0 aromatic rings. The Morgan fingerprint density at radius 1 is 1.00 bits per heavy atom. The summed E-state index contributed by atoms with van der Waals surface area (Å²) in [5.74, 6) is 0. The fourth-order valence-electron chi connectivity index (χ4n) is 3.49. The van der Waals surface area contributed by atoms with E-state index < -0.39 is 0 Å². The zero-order chi connectivity index (χ0) is 12.9. The Hall–Kier alpha value is -0.0400. The smallest absolute Gasteiger partial charge is 0.0128 e. The maximum Gasteiger partial charge on any atom is 0.0128 e. The van der Waals surface area contributed by atoms with Crippen molar-refractivity contribution >= 4 is 0 Å². The van der Waals surface area contributed by atoms with Crippen molar-refractivity contribution in [1.29, 1.82) is 0 Å². The number of hydrogen-bond acceptors (Lipinski definition) is 1. The van der Waals surface area contributed by atoms with Crippen LogP contribution in [0.4, 0.5) is 0 Å². The van der Waals surface area contributed by atoms with Crippen molar-refractivity contribution in [2.24, 2.45) is 10.8 Å². The van der Waals surface area contributed by atoms with Crippen LogP contribution in [0.3, 0.4) is 0 Å². The Balaban J connectivity index is 2.08. The van der Waals surface area contributed by atoms with Gasteiger partial charge in [-0.1, -0.05) is 20.8 Å². The molecule has 1 unspecified atom stereocenters. The summed E-state index contributed by atoms with van der Waals surface area (Å²) in [5, 5.41) is 0. The number of likely N-dealkylation sites (tertiary alicyclic amines) is 1. The molecule has 1 heteroatoms. The van der Waals surface area contributed by atoms with Gasteiger partial charge in [-0.2, -0.15) is 0 Å². The van der Waals surface area contributed by atoms with Crippen molar-refractivity contribution < 1.29 is 0 Å². The van der Waals surface area contributed by atoms with Crippen LogP contribution in [-0.4, -0.2) is 23.0 Å². The SMILES string of the molecule is CC(C)(C)CC1CCC2(CC2)CN1C(C)(C)C. The van der Waals surface area contributed by atoms with E-state index in [9.17, 15) is 0 Å². The molecule has 1 saturated heterocycles. The summed E-state index contributed by atoms with van der Waals surface area (Å²) in [4.78, 5) is 2.81. The second kappa shape index (κ2) is 3.98. The average molecular weight is 237 g/mol. The minimum atomic E-state index is 0.339. The van der Waals surface area contributed by atoms with Gasteiger partial charge in [0, 0.05) is 18.1 Å². The van der Waals surface area contributed by atoms with Gasteiger partial charge in [-0.15, -0.1) is 0 Å². The van der Waals surface area contributed by atoms with Crippen molar-refractivity contribution in [1.82, 2.24) is 4.90 Å². The first-order valence-electron chi connectivity index (χ1n) is 7.38. The standard InChI is InChI=1S/C16H31N/c1-14(2,3)11-13-7-8-16(9-10-16)12-17(13)15(4,5)6/h13H,7-12H2,1-6H3. The molecule has 0 N–H and O–H groups in total. The highest BCUT2D eigenvalue weighted by molar-refractivity contribution is 5.03. The van der Waals surface area contributed by atoms with Crippen LogP contribution >= 0.6 is 0 Å². The highest BCUT2D eigenvalue weighted by atomic mass is 15.2. The maximum absolute atomic E-state index is 2.81. The fourth-order valence-corrected chi connectivity index (χ4v) is 3.49. The van der Waals surface area contributed by atoms with E-state index in [1.165, 1.54) is 38.6 Å². The zero-order valence-electron chi connectivity index (χ0n) is 12.8. The van der Waals surface area contributed by atoms with E-state index in [0.29, 0.717) is 11.0 Å². The van der Waals surface area contributed by atoms with Gasteiger partial charge >= 0.3 is 0 Å². The first-order chi connectivity index (χ1) is 7.61. The molecule has 17 heavy (non-hydrogen) atoms. The molecule has 2 fully saturated rings. The molecule has 1 nitrogen and oxygen atoms in total. The molecule has 0 aromatic carbocycles. The number of piperidine rings is 1. The lowest BCUT2D eigenvalue weighted by Crippen LogP contribution is -2.54. The molecular weight excluding hydrogens is 206 g/mol. The minimum absolute atomic E-state index is 0.339. The lowest BCUT2D eigenvalue weighted by Gasteiger charge is -2.49. The van der Waals surface area contributed by atoms with Gasteiger partial charge in [-0.3, -0.25) is 4.90 Å². The summed E-state index contributed by atoms with van der Waals surface area (Å²) in [6.45, 7) is 15.7. The van der Waals surface area contributed by atoms with E-state index in [4.69, 9.17) is 0 Å². The van der Waals surface area contributed by atoms with Gasteiger partial charge in [-0.05, 0) is 63.7 Å². The van der Waals surface area contributed by atoms with E-state index in [0.717, 1.165) is 11.5 Å². The van der Waals surface area contributed by atoms with E-state index in [1.807, 2.05) is 0 Å².